The van der Waals surface area contributed by atoms with Crippen LogP contribution in [-0.2, 0) is 24.3 Å². The number of aromatic nitrogens is 6. The van der Waals surface area contributed by atoms with Crippen molar-refractivity contribution in [3.8, 4) is 11.4 Å². The fourth-order valence-electron chi connectivity index (χ4n) is 3.22. The summed E-state index contributed by atoms with van der Waals surface area (Å²) in [4.78, 5) is 16.0. The van der Waals surface area contributed by atoms with E-state index in [1.54, 1.807) is 11.0 Å². The lowest BCUT2D eigenvalue weighted by molar-refractivity contribution is -0.116. The molecule has 0 fully saturated rings. The Morgan fingerprint density at radius 2 is 2.15 bits per heavy atom. The first-order valence-corrected chi connectivity index (χ1v) is 8.94. The van der Waals surface area contributed by atoms with E-state index >= 15 is 0 Å². The van der Waals surface area contributed by atoms with Crippen molar-refractivity contribution in [2.45, 2.75) is 45.2 Å². The van der Waals surface area contributed by atoms with Crippen LogP contribution in [0.1, 0.15) is 31.5 Å². The molecule has 3 aromatic rings. The highest BCUT2D eigenvalue weighted by Crippen LogP contribution is 2.24. The maximum Gasteiger partial charge on any atom is 0.226 e. The fourth-order valence-corrected chi connectivity index (χ4v) is 3.22. The smallest absolute Gasteiger partial charge is 0.226 e. The van der Waals surface area contributed by atoms with Gasteiger partial charge in [0.05, 0.1) is 6.54 Å². The van der Waals surface area contributed by atoms with Crippen molar-refractivity contribution >= 4 is 11.6 Å². The SMILES string of the molecule is O=C(CCn1cncn1)Nc1cccc(-c2nnc3n2CCCCC3)c1. The number of benzene rings is 1. The van der Waals surface area contributed by atoms with Crippen molar-refractivity contribution < 1.29 is 4.79 Å². The van der Waals surface area contributed by atoms with Crippen molar-refractivity contribution in [3.05, 3.63) is 42.7 Å². The van der Waals surface area contributed by atoms with Crippen LogP contribution in [0.3, 0.4) is 0 Å². The lowest BCUT2D eigenvalue weighted by atomic mass is 10.2. The third kappa shape index (κ3) is 3.63. The molecule has 0 atom stereocenters. The van der Waals surface area contributed by atoms with Crippen molar-refractivity contribution in [2.75, 3.05) is 5.32 Å². The van der Waals surface area contributed by atoms with Crippen LogP contribution in [0.5, 0.6) is 0 Å². The van der Waals surface area contributed by atoms with E-state index in [1.807, 2.05) is 24.3 Å². The van der Waals surface area contributed by atoms with E-state index < -0.39 is 0 Å². The second-order valence-electron chi connectivity index (χ2n) is 6.44. The number of nitrogens with zero attached hydrogens (tertiary/aromatic N) is 6. The molecule has 1 aromatic carbocycles. The van der Waals surface area contributed by atoms with Crippen LogP contribution in [0.4, 0.5) is 5.69 Å². The van der Waals surface area contributed by atoms with Crippen LogP contribution >= 0.6 is 0 Å². The molecule has 0 bridgehead atoms. The highest BCUT2D eigenvalue weighted by atomic mass is 16.1. The predicted octanol–water partition coefficient (Wildman–Crippen LogP) is 2.29. The first-order valence-electron chi connectivity index (χ1n) is 8.94. The average Bonchev–Trinajstić information content (AvgIpc) is 3.25. The minimum atomic E-state index is -0.0577. The van der Waals surface area contributed by atoms with Crippen molar-refractivity contribution in [1.29, 1.82) is 0 Å². The number of carbonyl (C=O) groups is 1. The number of nitrogens with one attached hydrogen (secondary N) is 1. The summed E-state index contributed by atoms with van der Waals surface area (Å²) in [5.74, 6) is 1.87. The second-order valence-corrected chi connectivity index (χ2v) is 6.44. The molecule has 26 heavy (non-hydrogen) atoms. The summed E-state index contributed by atoms with van der Waals surface area (Å²) in [7, 11) is 0. The van der Waals surface area contributed by atoms with Gasteiger partial charge in [0.1, 0.15) is 18.5 Å². The summed E-state index contributed by atoms with van der Waals surface area (Å²) < 4.78 is 3.85. The second kappa shape index (κ2) is 7.47. The molecule has 1 N–H and O–H groups in total. The predicted molar refractivity (Wildman–Crippen MR) is 96.3 cm³/mol. The van der Waals surface area contributed by atoms with Gasteiger partial charge in [-0.05, 0) is 25.0 Å². The van der Waals surface area contributed by atoms with Gasteiger partial charge in [-0.1, -0.05) is 18.6 Å². The van der Waals surface area contributed by atoms with Crippen LogP contribution < -0.4 is 5.32 Å². The molecule has 0 radical (unpaired) electrons. The minimum Gasteiger partial charge on any atom is -0.326 e. The number of hydrogen-bond acceptors (Lipinski definition) is 5. The van der Waals surface area contributed by atoms with Gasteiger partial charge in [-0.25, -0.2) is 4.98 Å². The zero-order chi connectivity index (χ0) is 17.8. The van der Waals surface area contributed by atoms with Gasteiger partial charge in [-0.3, -0.25) is 9.48 Å². The van der Waals surface area contributed by atoms with E-state index in [9.17, 15) is 4.79 Å². The molecule has 134 valence electrons. The molecule has 2 aromatic heterocycles. The van der Waals surface area contributed by atoms with Gasteiger partial charge in [0.15, 0.2) is 5.82 Å². The summed E-state index contributed by atoms with van der Waals surface area (Å²) in [6, 6.07) is 7.78. The number of fused-ring (bicyclic) bond motifs is 1. The first-order chi connectivity index (χ1) is 12.8. The third-order valence-corrected chi connectivity index (χ3v) is 4.55. The number of hydrogen-bond donors (Lipinski definition) is 1. The fraction of sp³-hybridized carbons (Fsp3) is 0.389. The summed E-state index contributed by atoms with van der Waals surface area (Å²) in [5.41, 5.74) is 1.73. The van der Waals surface area contributed by atoms with Gasteiger partial charge in [-0.2, -0.15) is 5.10 Å². The van der Waals surface area contributed by atoms with E-state index in [1.165, 1.54) is 19.2 Å². The number of aryl methyl sites for hydroxylation is 2. The molecule has 1 aliphatic rings. The standard InChI is InChI=1S/C18H21N7O/c26-17(8-10-24-13-19-12-20-24)21-15-6-4-5-14(11-15)18-23-22-16-7-2-1-3-9-25(16)18/h4-6,11-13H,1-3,7-10H2,(H,21,26). The molecule has 0 saturated heterocycles. The van der Waals surface area contributed by atoms with Crippen molar-refractivity contribution in [3.63, 3.8) is 0 Å². The molecule has 0 unspecified atom stereocenters. The van der Waals surface area contributed by atoms with Crippen LogP contribution in [0.25, 0.3) is 11.4 Å². The number of carbonyl (C=O) groups excluding carboxylic acids is 1. The molecule has 8 heteroatoms. The molecular formula is C18H21N7O. The Kier molecular flexibility index (Phi) is 4.72. The summed E-state index contributed by atoms with van der Waals surface area (Å²) >= 11 is 0. The van der Waals surface area contributed by atoms with Crippen LogP contribution in [0.2, 0.25) is 0 Å². The molecule has 8 nitrogen and oxygen atoms in total. The summed E-state index contributed by atoms with van der Waals surface area (Å²) in [6.45, 7) is 1.45. The van der Waals surface area contributed by atoms with Gasteiger partial charge in [0.25, 0.3) is 0 Å². The third-order valence-electron chi connectivity index (χ3n) is 4.55. The largest absolute Gasteiger partial charge is 0.326 e. The molecule has 3 heterocycles. The molecule has 1 aliphatic heterocycles. The monoisotopic (exact) mass is 351 g/mol. The molecular weight excluding hydrogens is 330 g/mol. The molecule has 0 aliphatic carbocycles. The molecule has 4 rings (SSSR count). The Bertz CT molecular complexity index is 885. The normalized spacial score (nSPS) is 13.8. The number of amides is 1. The van der Waals surface area contributed by atoms with Crippen LogP contribution in [-0.4, -0.2) is 35.4 Å². The summed E-state index contributed by atoms with van der Waals surface area (Å²) in [5, 5.41) is 15.7. The lowest BCUT2D eigenvalue weighted by Gasteiger charge is -2.09. The Morgan fingerprint density at radius 1 is 1.19 bits per heavy atom. The highest BCUT2D eigenvalue weighted by Gasteiger charge is 2.16. The van der Waals surface area contributed by atoms with E-state index in [4.69, 9.17) is 0 Å². The van der Waals surface area contributed by atoms with E-state index in [0.29, 0.717) is 13.0 Å². The van der Waals surface area contributed by atoms with Crippen molar-refractivity contribution in [2.24, 2.45) is 0 Å². The molecule has 0 spiro atoms. The topological polar surface area (TPSA) is 90.5 Å². The van der Waals surface area contributed by atoms with Gasteiger partial charge in [-0.15, -0.1) is 10.2 Å². The first kappa shape index (κ1) is 16.4. The maximum absolute atomic E-state index is 12.2. The Balaban J connectivity index is 1.47. The van der Waals surface area contributed by atoms with E-state index in [2.05, 4.69) is 30.2 Å². The Hall–Kier alpha value is -3.03. The minimum absolute atomic E-state index is 0.0577. The molecule has 0 saturated carbocycles. The zero-order valence-electron chi connectivity index (χ0n) is 14.5. The van der Waals surface area contributed by atoms with Gasteiger partial charge < -0.3 is 9.88 Å². The summed E-state index contributed by atoms with van der Waals surface area (Å²) in [6.07, 6.45) is 7.93. The number of anilines is 1. The quantitative estimate of drug-likeness (QED) is 0.762. The Morgan fingerprint density at radius 3 is 3.04 bits per heavy atom. The highest BCUT2D eigenvalue weighted by molar-refractivity contribution is 5.91. The Labute approximate surface area is 151 Å². The van der Waals surface area contributed by atoms with E-state index in [0.717, 1.165) is 42.3 Å². The average molecular weight is 351 g/mol. The molecule has 1 amide bonds. The van der Waals surface area contributed by atoms with Crippen LogP contribution in [0, 0.1) is 0 Å². The zero-order valence-corrected chi connectivity index (χ0v) is 14.5. The maximum atomic E-state index is 12.2. The van der Waals surface area contributed by atoms with Gasteiger partial charge in [0.2, 0.25) is 5.91 Å². The van der Waals surface area contributed by atoms with E-state index in [-0.39, 0.29) is 5.91 Å². The van der Waals surface area contributed by atoms with Crippen molar-refractivity contribution in [1.82, 2.24) is 29.5 Å². The van der Waals surface area contributed by atoms with Gasteiger partial charge >= 0.3 is 0 Å². The number of rotatable bonds is 5. The lowest BCUT2D eigenvalue weighted by Crippen LogP contribution is -2.14. The van der Waals surface area contributed by atoms with Crippen LogP contribution in [0.15, 0.2) is 36.9 Å². The van der Waals surface area contributed by atoms with Gasteiger partial charge in [0, 0.05) is 30.6 Å².